The zero-order valence-electron chi connectivity index (χ0n) is 11.7. The van der Waals surface area contributed by atoms with E-state index in [1.807, 2.05) is 22.1 Å². The molecule has 9 heteroatoms. The lowest BCUT2D eigenvalue weighted by Gasteiger charge is -2.03. The molecule has 0 spiro atoms. The molecule has 1 amide bonds. The van der Waals surface area contributed by atoms with Crippen molar-refractivity contribution in [1.29, 1.82) is 0 Å². The molecule has 22 heavy (non-hydrogen) atoms. The summed E-state index contributed by atoms with van der Waals surface area (Å²) >= 11 is 2.95. The van der Waals surface area contributed by atoms with Crippen LogP contribution in [0.2, 0.25) is 0 Å². The van der Waals surface area contributed by atoms with Crippen LogP contribution in [-0.2, 0) is 17.1 Å². The number of hydrogen-bond donors (Lipinski definition) is 1. The molecular weight excluding hydrogens is 322 g/mol. The van der Waals surface area contributed by atoms with Gasteiger partial charge in [-0.05, 0) is 12.1 Å². The van der Waals surface area contributed by atoms with Crippen LogP contribution in [0.4, 0.5) is 5.13 Å². The van der Waals surface area contributed by atoms with E-state index < -0.39 is 0 Å². The zero-order chi connectivity index (χ0) is 15.4. The number of aromatic nitrogens is 4. The normalized spacial score (nSPS) is 10.8. The molecule has 7 nitrogen and oxygen atoms in total. The van der Waals surface area contributed by atoms with Crippen molar-refractivity contribution in [3.63, 3.8) is 0 Å². The molecule has 0 unspecified atom stereocenters. The maximum absolute atomic E-state index is 11.0. The van der Waals surface area contributed by atoms with E-state index in [9.17, 15) is 4.79 Å². The minimum atomic E-state index is -0.119. The minimum absolute atomic E-state index is 0.119. The molecule has 0 aliphatic heterocycles. The molecule has 114 valence electrons. The van der Waals surface area contributed by atoms with Crippen molar-refractivity contribution in [3.8, 4) is 0 Å². The highest BCUT2D eigenvalue weighted by Gasteiger charge is 2.09. The smallest absolute Gasteiger partial charge is 0.223 e. The van der Waals surface area contributed by atoms with E-state index in [0.29, 0.717) is 17.4 Å². The Hall–Kier alpha value is -2.13. The van der Waals surface area contributed by atoms with Gasteiger partial charge in [0.1, 0.15) is 12.1 Å². The van der Waals surface area contributed by atoms with Gasteiger partial charge in [-0.25, -0.2) is 4.98 Å². The molecular formula is C13H13N5O2S2. The molecule has 0 saturated heterocycles. The molecule has 0 fully saturated rings. The third-order valence-corrected chi connectivity index (χ3v) is 4.49. The molecule has 3 aromatic rings. The first-order chi connectivity index (χ1) is 10.7. The lowest BCUT2D eigenvalue weighted by molar-refractivity contribution is -0.114. The number of carbonyl (C=O) groups excluding carboxylic acids is 1. The fraction of sp³-hybridized carbons (Fsp3) is 0.231. The number of furan rings is 1. The largest absolute Gasteiger partial charge is 0.467 e. The summed E-state index contributed by atoms with van der Waals surface area (Å²) in [5.41, 5.74) is 0.895. The summed E-state index contributed by atoms with van der Waals surface area (Å²) in [6.07, 6.45) is 3.32. The lowest BCUT2D eigenvalue weighted by Crippen LogP contribution is -2.05. The van der Waals surface area contributed by atoms with Crippen LogP contribution in [0.3, 0.4) is 0 Å². The number of nitrogens with zero attached hydrogens (tertiary/aromatic N) is 4. The molecule has 0 atom stereocenters. The third-order valence-electron chi connectivity index (χ3n) is 2.67. The SMILES string of the molecule is CC(=O)Nc1nc(CSc2nncn2Cc2ccco2)cs1. The number of thiazole rings is 1. The molecule has 0 aliphatic rings. The first kappa shape index (κ1) is 14.8. The highest BCUT2D eigenvalue weighted by Crippen LogP contribution is 2.24. The Morgan fingerprint density at radius 3 is 3.23 bits per heavy atom. The van der Waals surface area contributed by atoms with E-state index >= 15 is 0 Å². The van der Waals surface area contributed by atoms with Crippen molar-refractivity contribution < 1.29 is 9.21 Å². The quantitative estimate of drug-likeness (QED) is 0.697. The molecule has 3 rings (SSSR count). The Morgan fingerprint density at radius 2 is 2.45 bits per heavy atom. The number of anilines is 1. The van der Waals surface area contributed by atoms with Crippen LogP contribution >= 0.6 is 23.1 Å². The van der Waals surface area contributed by atoms with Crippen molar-refractivity contribution in [1.82, 2.24) is 19.7 Å². The van der Waals surface area contributed by atoms with Crippen LogP contribution in [0.1, 0.15) is 18.4 Å². The van der Waals surface area contributed by atoms with Crippen LogP contribution < -0.4 is 5.32 Å². The number of rotatable bonds is 6. The third kappa shape index (κ3) is 3.74. The molecule has 3 aromatic heterocycles. The van der Waals surface area contributed by atoms with Gasteiger partial charge in [0.15, 0.2) is 10.3 Å². The van der Waals surface area contributed by atoms with Crippen LogP contribution in [0.5, 0.6) is 0 Å². The summed E-state index contributed by atoms with van der Waals surface area (Å²) in [6, 6.07) is 3.76. The standard InChI is InChI=1S/C13H13N5O2S2/c1-9(19)15-12-16-10(6-21-12)7-22-13-17-14-8-18(13)5-11-3-2-4-20-11/h2-4,6,8H,5,7H2,1H3,(H,15,16,19). The average Bonchev–Trinajstić information content (AvgIpc) is 3.19. The van der Waals surface area contributed by atoms with Gasteiger partial charge in [-0.2, -0.15) is 0 Å². The average molecular weight is 335 g/mol. The van der Waals surface area contributed by atoms with Crippen LogP contribution in [0, 0.1) is 0 Å². The van der Waals surface area contributed by atoms with E-state index in [1.165, 1.54) is 18.3 Å². The fourth-order valence-corrected chi connectivity index (χ4v) is 3.42. The summed E-state index contributed by atoms with van der Waals surface area (Å²) < 4.78 is 7.25. The second kappa shape index (κ2) is 6.75. The summed E-state index contributed by atoms with van der Waals surface area (Å²) in [6.45, 7) is 2.06. The Kier molecular flexibility index (Phi) is 4.54. The molecule has 0 bridgehead atoms. The Bertz CT molecular complexity index is 750. The summed E-state index contributed by atoms with van der Waals surface area (Å²) in [5.74, 6) is 1.39. The maximum Gasteiger partial charge on any atom is 0.223 e. The van der Waals surface area contributed by atoms with Gasteiger partial charge < -0.3 is 14.3 Å². The van der Waals surface area contributed by atoms with Gasteiger partial charge in [-0.1, -0.05) is 11.8 Å². The Labute approximate surface area is 134 Å². The van der Waals surface area contributed by atoms with E-state index in [4.69, 9.17) is 4.42 Å². The van der Waals surface area contributed by atoms with Gasteiger partial charge in [0.25, 0.3) is 0 Å². The summed E-state index contributed by atoms with van der Waals surface area (Å²) in [4.78, 5) is 15.3. The second-order valence-corrected chi connectivity index (χ2v) is 6.24. The number of hydrogen-bond acceptors (Lipinski definition) is 7. The number of amides is 1. The van der Waals surface area contributed by atoms with E-state index in [2.05, 4.69) is 20.5 Å². The van der Waals surface area contributed by atoms with Crippen LogP contribution in [0.25, 0.3) is 0 Å². The molecule has 1 N–H and O–H groups in total. The molecule has 0 aliphatic carbocycles. The van der Waals surface area contributed by atoms with Crippen molar-refractivity contribution in [2.45, 2.75) is 24.4 Å². The van der Waals surface area contributed by atoms with Crippen LogP contribution in [-0.4, -0.2) is 25.7 Å². The number of carbonyl (C=O) groups is 1. The van der Waals surface area contributed by atoms with Gasteiger partial charge in [-0.3, -0.25) is 4.79 Å². The monoisotopic (exact) mass is 335 g/mol. The highest BCUT2D eigenvalue weighted by molar-refractivity contribution is 7.98. The first-order valence-corrected chi connectivity index (χ1v) is 8.32. The summed E-state index contributed by atoms with van der Waals surface area (Å²) in [5, 5.41) is 14.0. The zero-order valence-corrected chi connectivity index (χ0v) is 13.4. The van der Waals surface area contributed by atoms with Crippen molar-refractivity contribution in [3.05, 3.63) is 41.6 Å². The topological polar surface area (TPSA) is 85.8 Å². The predicted octanol–water partition coefficient (Wildman–Crippen LogP) is 2.63. The summed E-state index contributed by atoms with van der Waals surface area (Å²) in [7, 11) is 0. The number of nitrogens with one attached hydrogen (secondary N) is 1. The van der Waals surface area contributed by atoms with Gasteiger partial charge in [0.05, 0.1) is 18.5 Å². The predicted molar refractivity (Wildman–Crippen MR) is 83.8 cm³/mol. The Morgan fingerprint density at radius 1 is 1.55 bits per heavy atom. The molecule has 0 saturated carbocycles. The molecule has 0 radical (unpaired) electrons. The van der Waals surface area contributed by atoms with Gasteiger partial charge in [0.2, 0.25) is 5.91 Å². The lowest BCUT2D eigenvalue weighted by atomic mass is 10.4. The van der Waals surface area contributed by atoms with Crippen molar-refractivity contribution >= 4 is 34.1 Å². The first-order valence-electron chi connectivity index (χ1n) is 6.45. The minimum Gasteiger partial charge on any atom is -0.467 e. The fourth-order valence-electron chi connectivity index (χ4n) is 1.75. The van der Waals surface area contributed by atoms with Crippen molar-refractivity contribution in [2.24, 2.45) is 0 Å². The highest BCUT2D eigenvalue weighted by atomic mass is 32.2. The molecule has 3 heterocycles. The molecule has 0 aromatic carbocycles. The van der Waals surface area contributed by atoms with Gasteiger partial charge in [0, 0.05) is 18.1 Å². The maximum atomic E-state index is 11.0. The van der Waals surface area contributed by atoms with E-state index in [0.717, 1.165) is 16.6 Å². The van der Waals surface area contributed by atoms with Crippen molar-refractivity contribution in [2.75, 3.05) is 5.32 Å². The Balaban J connectivity index is 1.61. The van der Waals surface area contributed by atoms with E-state index in [1.54, 1.807) is 24.4 Å². The van der Waals surface area contributed by atoms with Gasteiger partial charge in [-0.15, -0.1) is 21.5 Å². The second-order valence-electron chi connectivity index (χ2n) is 4.43. The van der Waals surface area contributed by atoms with Gasteiger partial charge >= 0.3 is 0 Å². The van der Waals surface area contributed by atoms with Crippen LogP contribution in [0.15, 0.2) is 39.7 Å². The number of thioether (sulfide) groups is 1. The van der Waals surface area contributed by atoms with E-state index in [-0.39, 0.29) is 5.91 Å².